The number of carbonyl (C=O) groups is 1. The number of aryl methyl sites for hydroxylation is 1. The van der Waals surface area contributed by atoms with Crippen molar-refractivity contribution < 1.29 is 9.72 Å². The number of non-ortho nitro benzene ring substituents is 1. The lowest BCUT2D eigenvalue weighted by atomic mass is 10.1. The zero-order chi connectivity index (χ0) is 14.8. The average molecular weight is 271 g/mol. The highest BCUT2D eigenvalue weighted by Gasteiger charge is 1.98. The number of Topliss-reactive ketones (excluding diaryl/α,β-unsaturated/α-hetero) is 1. The van der Waals surface area contributed by atoms with Gasteiger partial charge < -0.3 is 4.79 Å². The third kappa shape index (κ3) is 6.44. The first kappa shape index (κ1) is 15.6. The molecule has 0 saturated heterocycles. The minimum atomic E-state index is -0.417. The molecule has 0 unspecified atom stereocenters. The molecular weight excluding hydrogens is 254 g/mol. The van der Waals surface area contributed by atoms with Crippen LogP contribution in [0.1, 0.15) is 18.9 Å². The van der Waals surface area contributed by atoms with Crippen LogP contribution in [-0.2, 0) is 11.2 Å². The van der Waals surface area contributed by atoms with Crippen molar-refractivity contribution in [1.82, 2.24) is 0 Å². The molecule has 0 aliphatic heterocycles. The summed E-state index contributed by atoms with van der Waals surface area (Å²) in [5, 5.41) is 10.0. The van der Waals surface area contributed by atoms with Gasteiger partial charge in [0, 0.05) is 18.6 Å². The summed E-state index contributed by atoms with van der Waals surface area (Å²) in [6, 6.07) is 18.0. The van der Waals surface area contributed by atoms with E-state index in [1.165, 1.54) is 17.7 Å². The highest BCUT2D eigenvalue weighted by molar-refractivity contribution is 5.75. The van der Waals surface area contributed by atoms with Crippen LogP contribution < -0.4 is 0 Å². The number of para-hydroxylation sites is 1. The van der Waals surface area contributed by atoms with Crippen molar-refractivity contribution in [2.75, 3.05) is 0 Å². The number of nitrogens with zero attached hydrogens (tertiary/aromatic N) is 1. The number of carbonyl (C=O) groups excluding carboxylic acids is 1. The fraction of sp³-hybridized carbons (Fsp3) is 0.188. The van der Waals surface area contributed by atoms with Crippen molar-refractivity contribution in [2.45, 2.75) is 19.8 Å². The van der Waals surface area contributed by atoms with E-state index in [1.54, 1.807) is 25.1 Å². The van der Waals surface area contributed by atoms with E-state index in [9.17, 15) is 14.9 Å². The van der Waals surface area contributed by atoms with Crippen LogP contribution in [0.25, 0.3) is 0 Å². The molecule has 4 heteroatoms. The molecule has 0 bridgehead atoms. The van der Waals surface area contributed by atoms with E-state index >= 15 is 0 Å². The van der Waals surface area contributed by atoms with E-state index in [1.807, 2.05) is 30.3 Å². The Morgan fingerprint density at radius 2 is 1.50 bits per heavy atom. The van der Waals surface area contributed by atoms with Gasteiger partial charge in [-0.25, -0.2) is 0 Å². The summed E-state index contributed by atoms with van der Waals surface area (Å²) in [6.07, 6.45) is 1.53. The molecule has 0 saturated carbocycles. The van der Waals surface area contributed by atoms with E-state index in [-0.39, 0.29) is 11.5 Å². The monoisotopic (exact) mass is 271 g/mol. The summed E-state index contributed by atoms with van der Waals surface area (Å²) in [5.74, 6) is 0.258. The zero-order valence-electron chi connectivity index (χ0n) is 11.4. The van der Waals surface area contributed by atoms with Gasteiger partial charge in [0.15, 0.2) is 0 Å². The standard InChI is InChI=1S/C10H12O.C6H5NO2/c1-9(11)7-8-10-5-3-2-4-6-10;8-7(9)6-4-2-1-3-5-6/h2-6H,7-8H2,1H3;1-5H. The molecular formula is C16H17NO3. The zero-order valence-corrected chi connectivity index (χ0v) is 11.4. The maximum atomic E-state index is 10.6. The Morgan fingerprint density at radius 3 is 1.90 bits per heavy atom. The van der Waals surface area contributed by atoms with Gasteiger partial charge in [0.05, 0.1) is 4.92 Å². The molecule has 2 aromatic rings. The van der Waals surface area contributed by atoms with E-state index in [4.69, 9.17) is 0 Å². The van der Waals surface area contributed by atoms with E-state index < -0.39 is 4.92 Å². The molecule has 0 atom stereocenters. The minimum Gasteiger partial charge on any atom is -0.300 e. The summed E-state index contributed by atoms with van der Waals surface area (Å²) in [6.45, 7) is 1.63. The molecule has 0 spiro atoms. The number of rotatable bonds is 4. The van der Waals surface area contributed by atoms with Gasteiger partial charge in [-0.15, -0.1) is 0 Å². The van der Waals surface area contributed by atoms with E-state index in [0.717, 1.165) is 6.42 Å². The van der Waals surface area contributed by atoms with Crippen LogP contribution in [0.3, 0.4) is 0 Å². The first-order chi connectivity index (χ1) is 9.59. The molecule has 0 heterocycles. The highest BCUT2D eigenvalue weighted by atomic mass is 16.6. The maximum Gasteiger partial charge on any atom is 0.269 e. The van der Waals surface area contributed by atoms with E-state index in [2.05, 4.69) is 0 Å². The third-order valence-corrected chi connectivity index (χ3v) is 2.58. The molecule has 2 aromatic carbocycles. The molecule has 0 aromatic heterocycles. The number of hydrogen-bond acceptors (Lipinski definition) is 3. The Labute approximate surface area is 118 Å². The number of nitro benzene ring substituents is 1. The Kier molecular flexibility index (Phi) is 6.68. The average Bonchev–Trinajstić information content (AvgIpc) is 2.48. The second-order valence-corrected chi connectivity index (χ2v) is 4.28. The van der Waals surface area contributed by atoms with Gasteiger partial charge in [0.1, 0.15) is 5.78 Å². The quantitative estimate of drug-likeness (QED) is 0.627. The molecule has 104 valence electrons. The maximum absolute atomic E-state index is 10.6. The van der Waals surface area contributed by atoms with E-state index in [0.29, 0.717) is 6.42 Å². The van der Waals surface area contributed by atoms with Gasteiger partial charge in [-0.3, -0.25) is 10.1 Å². The summed E-state index contributed by atoms with van der Waals surface area (Å²) in [7, 11) is 0. The number of hydrogen-bond donors (Lipinski definition) is 0. The SMILES string of the molecule is CC(=O)CCc1ccccc1.O=[N+]([O-])c1ccccc1. The predicted octanol–water partition coefficient (Wildman–Crippen LogP) is 3.80. The van der Waals surface area contributed by atoms with Crippen molar-refractivity contribution in [2.24, 2.45) is 0 Å². The topological polar surface area (TPSA) is 60.2 Å². The number of ketones is 1. The van der Waals surface area contributed by atoms with Crippen molar-refractivity contribution in [3.63, 3.8) is 0 Å². The molecule has 20 heavy (non-hydrogen) atoms. The normalized spacial score (nSPS) is 9.25. The molecule has 0 amide bonds. The van der Waals surface area contributed by atoms with Crippen molar-refractivity contribution in [3.05, 3.63) is 76.3 Å². The van der Waals surface area contributed by atoms with Crippen LogP contribution in [0.5, 0.6) is 0 Å². The van der Waals surface area contributed by atoms with Crippen LogP contribution in [-0.4, -0.2) is 10.7 Å². The molecule has 0 aliphatic rings. The Bertz CT molecular complexity index is 538. The van der Waals surface area contributed by atoms with Crippen molar-refractivity contribution in [1.29, 1.82) is 0 Å². The fourth-order valence-corrected chi connectivity index (χ4v) is 1.51. The Balaban J connectivity index is 0.000000204. The number of benzene rings is 2. The second kappa shape index (κ2) is 8.58. The Morgan fingerprint density at radius 1 is 1.00 bits per heavy atom. The molecule has 0 fully saturated rings. The van der Waals surface area contributed by atoms with Crippen LogP contribution in [0, 0.1) is 10.1 Å². The molecule has 0 aliphatic carbocycles. The fourth-order valence-electron chi connectivity index (χ4n) is 1.51. The lowest BCUT2D eigenvalue weighted by Crippen LogP contribution is -1.92. The second-order valence-electron chi connectivity index (χ2n) is 4.28. The smallest absolute Gasteiger partial charge is 0.269 e. The predicted molar refractivity (Wildman–Crippen MR) is 78.5 cm³/mol. The van der Waals surface area contributed by atoms with Gasteiger partial charge in [0.25, 0.3) is 5.69 Å². The summed E-state index contributed by atoms with van der Waals surface area (Å²) in [4.78, 5) is 20.2. The molecule has 0 N–H and O–H groups in total. The largest absolute Gasteiger partial charge is 0.300 e. The third-order valence-electron chi connectivity index (χ3n) is 2.58. The lowest BCUT2D eigenvalue weighted by molar-refractivity contribution is -0.384. The van der Waals surface area contributed by atoms with Crippen LogP contribution in [0.15, 0.2) is 60.7 Å². The van der Waals surface area contributed by atoms with Gasteiger partial charge in [-0.05, 0) is 18.9 Å². The Hall–Kier alpha value is -2.49. The molecule has 2 rings (SSSR count). The molecule has 0 radical (unpaired) electrons. The first-order valence-corrected chi connectivity index (χ1v) is 6.32. The summed E-state index contributed by atoms with van der Waals surface area (Å²) < 4.78 is 0. The van der Waals surface area contributed by atoms with Gasteiger partial charge in [-0.1, -0.05) is 48.5 Å². The lowest BCUT2D eigenvalue weighted by Gasteiger charge is -1.96. The summed E-state index contributed by atoms with van der Waals surface area (Å²) >= 11 is 0. The number of nitro groups is 1. The highest BCUT2D eigenvalue weighted by Crippen LogP contribution is 2.06. The van der Waals surface area contributed by atoms with Crippen LogP contribution in [0.4, 0.5) is 5.69 Å². The molecule has 4 nitrogen and oxygen atoms in total. The summed E-state index contributed by atoms with van der Waals surface area (Å²) in [5.41, 5.74) is 1.38. The van der Waals surface area contributed by atoms with Crippen molar-refractivity contribution >= 4 is 11.5 Å². The van der Waals surface area contributed by atoms with Gasteiger partial charge in [0.2, 0.25) is 0 Å². The first-order valence-electron chi connectivity index (χ1n) is 6.32. The van der Waals surface area contributed by atoms with Crippen LogP contribution in [0.2, 0.25) is 0 Å². The van der Waals surface area contributed by atoms with Crippen molar-refractivity contribution in [3.8, 4) is 0 Å². The van der Waals surface area contributed by atoms with Crippen LogP contribution >= 0.6 is 0 Å². The minimum absolute atomic E-state index is 0.137. The van der Waals surface area contributed by atoms with Gasteiger partial charge >= 0.3 is 0 Å². The van der Waals surface area contributed by atoms with Gasteiger partial charge in [-0.2, -0.15) is 0 Å².